The average Bonchev–Trinajstić information content (AvgIpc) is 0.855. The molecular formula is C95H144Cl3N2O21P3. The number of carbonyl (C=O) groups excluding carboxylic acids is 6. The molecule has 0 bridgehead atoms. The van der Waals surface area contributed by atoms with Crippen molar-refractivity contribution in [3.05, 3.63) is 179 Å². The summed E-state index contributed by atoms with van der Waals surface area (Å²) in [5, 5.41) is 33.8. The van der Waals surface area contributed by atoms with Crippen molar-refractivity contribution in [3.63, 3.8) is 0 Å². The maximum atomic E-state index is 13.2. The number of terminal acetylenes is 2. The molecule has 29 heteroatoms. The van der Waals surface area contributed by atoms with Crippen LogP contribution in [0.4, 0.5) is 0 Å². The van der Waals surface area contributed by atoms with E-state index in [1.165, 1.54) is 0 Å². The lowest BCUT2D eigenvalue weighted by atomic mass is 9.97. The maximum absolute atomic E-state index is 13.2. The first-order valence-corrected chi connectivity index (χ1v) is 45.5. The van der Waals surface area contributed by atoms with E-state index in [1.54, 1.807) is 204 Å². The van der Waals surface area contributed by atoms with Crippen molar-refractivity contribution in [2.24, 2.45) is 32.5 Å². The van der Waals surface area contributed by atoms with Crippen LogP contribution in [0.5, 0.6) is 34.5 Å². The van der Waals surface area contributed by atoms with Crippen LogP contribution in [0, 0.1) is 57.2 Å². The fourth-order valence-electron chi connectivity index (χ4n) is 8.23. The van der Waals surface area contributed by atoms with Gasteiger partial charge < -0.3 is 53.2 Å². The molecule has 4 N–H and O–H groups in total. The summed E-state index contributed by atoms with van der Waals surface area (Å²) in [6, 6.07) is 42.5. The van der Waals surface area contributed by atoms with Crippen LogP contribution in [0.2, 0.25) is 0 Å². The molecule has 124 heavy (non-hydrogen) atoms. The number of aromatic hydroxyl groups is 1. The summed E-state index contributed by atoms with van der Waals surface area (Å²) in [5.74, 6) is 5.71. The number of benzene rings is 6. The fraction of sp³-hybridized carbons (Fsp3) is 0.516. The Hall–Kier alpha value is -7.18. The number of hydrogen-bond acceptors (Lipinski definition) is 23. The smallest absolute Gasteiger partial charge is 0.475 e. The van der Waals surface area contributed by atoms with Gasteiger partial charge in [0.25, 0.3) is 8.53 Å². The minimum atomic E-state index is -3.96. The quantitative estimate of drug-likeness (QED) is 0.00847. The van der Waals surface area contributed by atoms with E-state index in [-0.39, 0.29) is 127 Å². The van der Waals surface area contributed by atoms with Crippen LogP contribution in [0.1, 0.15) is 249 Å². The van der Waals surface area contributed by atoms with Crippen molar-refractivity contribution < 1.29 is 100 Å². The summed E-state index contributed by atoms with van der Waals surface area (Å²) in [6.07, 6.45) is 10.7. The summed E-state index contributed by atoms with van der Waals surface area (Å²) in [6.45, 7) is 48.9. The van der Waals surface area contributed by atoms with E-state index in [1.807, 2.05) is 65.8 Å². The second kappa shape index (κ2) is 60.5. The summed E-state index contributed by atoms with van der Waals surface area (Å²) in [4.78, 5) is 70.1. The number of hydrogen-bond donors (Lipinski definition) is 4. The molecule has 0 radical (unpaired) electrons. The van der Waals surface area contributed by atoms with Crippen molar-refractivity contribution in [2.75, 3.05) is 13.2 Å². The van der Waals surface area contributed by atoms with E-state index in [0.29, 0.717) is 71.6 Å². The monoisotopic (exact) mass is 1850 g/mol. The highest BCUT2D eigenvalue weighted by atomic mass is 35.9. The van der Waals surface area contributed by atoms with Crippen molar-refractivity contribution in [1.29, 1.82) is 0 Å². The predicted molar refractivity (Wildman–Crippen MR) is 505 cm³/mol. The van der Waals surface area contributed by atoms with E-state index < -0.39 is 50.2 Å². The summed E-state index contributed by atoms with van der Waals surface area (Å²) < 4.78 is 73.4. The molecule has 0 aromatic heterocycles. The molecule has 0 aliphatic heterocycles. The van der Waals surface area contributed by atoms with Crippen LogP contribution in [0.3, 0.4) is 0 Å². The van der Waals surface area contributed by atoms with Crippen LogP contribution < -0.4 is 23.7 Å². The molecule has 0 atom stereocenters. The Kier molecular flexibility index (Phi) is 60.1. The largest absolute Gasteiger partial charge is 0.508 e. The van der Waals surface area contributed by atoms with E-state index in [4.69, 9.17) is 114 Å². The third-order valence-corrected chi connectivity index (χ3v) is 21.6. The van der Waals surface area contributed by atoms with E-state index in [9.17, 15) is 33.3 Å². The van der Waals surface area contributed by atoms with Crippen LogP contribution in [-0.2, 0) is 95.6 Å². The number of phenolic OH excluding ortho intramolecular Hbond substituents is 1. The number of nitrogens with zero attached hydrogens (tertiary/aromatic N) is 2. The number of aliphatic hydroxyl groups is 3. The van der Waals surface area contributed by atoms with Gasteiger partial charge in [-0.3, -0.25) is 47.0 Å². The third-order valence-electron chi connectivity index (χ3n) is 15.3. The minimum Gasteiger partial charge on any atom is -0.508 e. The Bertz CT molecular complexity index is 3970. The standard InChI is InChI=1S/C30H44NO6P.C28H35O8P.C12H16O3.C7H8O2.C6H14Cl2NP.C5H9ClO.C4H6O.3CH4/c1-21(2)31(22(3)4)38(34-19-23-11-15-25(16-12-23)36-27(32)29(5,6)7)35-20-24-13-17-26(18-14-24)37-28(33)30(8,9)10;1-8-9-18-32-37(31,33-19-21-10-14-23(15-11-21)35-25(29)27(2,3)4)34-20-22-12-16-24(17-13-22)36-26(30)28(5,6)7;1-12(2,3)11(14)15-10-6-4-9(8-13)5-7-10;8-5-6-1-3-7(9)4-2-6;1-5(2)9(6(3)4)10(7)8;1-5(2,3)4(6)7;1-2-3-4-5;;;/h11-18,21-22H,19-20H2,1-10H3;1,10-17H,9,18-20H2,2-7H3;4-7,13H,8H2,1-3H3;1-4,8-9H,5H2;5-6H,1-4H3;1-3H3;1,5H,3-4H2;3*1H4. The second-order valence-corrected chi connectivity index (χ2v) is 41.3. The lowest BCUT2D eigenvalue weighted by Gasteiger charge is -2.35. The maximum Gasteiger partial charge on any atom is 0.475 e. The van der Waals surface area contributed by atoms with Gasteiger partial charge in [0.15, 0.2) is 6.78 Å². The molecular weight excluding hydrogens is 1700 g/mol. The first-order chi connectivity index (χ1) is 55.9. The Labute approximate surface area is 759 Å². The highest BCUT2D eigenvalue weighted by Gasteiger charge is 2.32. The van der Waals surface area contributed by atoms with Crippen LogP contribution in [0.15, 0.2) is 146 Å². The van der Waals surface area contributed by atoms with Crippen LogP contribution >= 0.6 is 57.2 Å². The van der Waals surface area contributed by atoms with E-state index >= 15 is 0 Å². The van der Waals surface area contributed by atoms with Crippen molar-refractivity contribution in [2.45, 2.75) is 279 Å². The molecule has 0 fully saturated rings. The van der Waals surface area contributed by atoms with Gasteiger partial charge in [0, 0.05) is 42.4 Å². The van der Waals surface area contributed by atoms with Gasteiger partial charge in [0.2, 0.25) is 5.24 Å². The van der Waals surface area contributed by atoms with Crippen LogP contribution in [-0.4, -0.2) is 102 Å². The van der Waals surface area contributed by atoms with Gasteiger partial charge in [0.1, 0.15) is 34.5 Å². The summed E-state index contributed by atoms with van der Waals surface area (Å²) >= 11 is 16.7. The highest BCUT2D eigenvalue weighted by Crippen LogP contribution is 2.53. The lowest BCUT2D eigenvalue weighted by Crippen LogP contribution is -2.33. The lowest BCUT2D eigenvalue weighted by molar-refractivity contribution is -0.143. The number of phenols is 1. The van der Waals surface area contributed by atoms with Gasteiger partial charge in [0.05, 0.1) is 79.9 Å². The van der Waals surface area contributed by atoms with Gasteiger partial charge in [-0.05, 0) is 277 Å². The van der Waals surface area contributed by atoms with Crippen LogP contribution in [0.25, 0.3) is 0 Å². The number of esters is 5. The van der Waals surface area contributed by atoms with Crippen molar-refractivity contribution in [3.8, 4) is 59.2 Å². The molecule has 0 unspecified atom stereocenters. The van der Waals surface area contributed by atoms with Gasteiger partial charge >= 0.3 is 37.7 Å². The average molecular weight is 1850 g/mol. The van der Waals surface area contributed by atoms with E-state index in [0.717, 1.165) is 22.3 Å². The molecule has 6 aromatic rings. The zero-order valence-electron chi connectivity index (χ0n) is 75.5. The Morgan fingerprint density at radius 1 is 0.379 bits per heavy atom. The molecule has 6 rings (SSSR count). The number of carbonyl (C=O) groups is 6. The van der Waals surface area contributed by atoms with Gasteiger partial charge in [-0.25, -0.2) is 9.24 Å². The Balaban J connectivity index is -0.000000762. The molecule has 0 amide bonds. The third kappa shape index (κ3) is 53.5. The predicted octanol–water partition coefficient (Wildman–Crippen LogP) is 24.7. The summed E-state index contributed by atoms with van der Waals surface area (Å²) in [5.41, 5.74) is 1.60. The first-order valence-electron chi connectivity index (χ1n) is 39.4. The van der Waals surface area contributed by atoms with Gasteiger partial charge in [-0.15, -0.1) is 24.7 Å². The number of phosphoric acid groups is 1. The molecule has 0 aliphatic carbocycles. The number of rotatable bonds is 29. The Morgan fingerprint density at radius 3 is 0.782 bits per heavy atom. The normalized spacial score (nSPS) is 11.4. The molecule has 0 spiro atoms. The SMILES string of the molecule is C.C.C.C#CCCO.C#CCCOP(=O)(OCc1ccc(OC(=O)C(C)(C)C)cc1)OCc1ccc(OC(=O)C(C)(C)C)cc1.CC(C)(C)C(=O)Cl.CC(C)(C)C(=O)Oc1ccc(CO)cc1.CC(C)N(C(C)C)P(Cl)Cl.CC(C)N(C(C)C)P(OCc1ccc(OC(=O)C(C)(C)C)cc1)OCc1ccc(OC(=O)C(C)(C)C)cc1.OCc1ccc(O)cc1. The number of ether oxygens (including phenoxy) is 5. The number of phosphoric ester groups is 1. The first kappa shape index (κ1) is 123. The molecule has 6 aromatic carbocycles. The molecule has 0 saturated heterocycles. The molecule has 0 aliphatic rings. The van der Waals surface area contributed by atoms with Crippen molar-refractivity contribution >= 4 is 92.3 Å². The molecule has 23 nitrogen and oxygen atoms in total. The van der Waals surface area contributed by atoms with Gasteiger partial charge in [-0.2, -0.15) is 0 Å². The summed E-state index contributed by atoms with van der Waals surface area (Å²) in [7, 11) is -5.32. The molecule has 0 saturated carbocycles. The number of aliphatic hydroxyl groups excluding tert-OH is 3. The zero-order valence-corrected chi connectivity index (χ0v) is 80.4. The van der Waals surface area contributed by atoms with E-state index in [2.05, 4.69) is 76.6 Å². The highest BCUT2D eigenvalue weighted by molar-refractivity contribution is 8.02. The molecule has 696 valence electrons. The minimum absolute atomic E-state index is 0. The number of halogens is 3. The fourth-order valence-corrected chi connectivity index (χ4v) is 13.8. The molecule has 0 heterocycles. The topological polar surface area (TPSA) is 299 Å². The Morgan fingerprint density at radius 2 is 0.605 bits per heavy atom. The van der Waals surface area contributed by atoms with Gasteiger partial charge in [-0.1, -0.05) is 138 Å². The zero-order chi connectivity index (χ0) is 93.0. The van der Waals surface area contributed by atoms with Crippen molar-refractivity contribution in [1.82, 2.24) is 9.34 Å². The second-order valence-electron chi connectivity index (χ2n) is 34.5.